The lowest BCUT2D eigenvalue weighted by atomic mass is 10.1. The zero-order valence-corrected chi connectivity index (χ0v) is 11.0. The van der Waals surface area contributed by atoms with Crippen LogP contribution in [-0.4, -0.2) is 33.8 Å². The van der Waals surface area contributed by atoms with Gasteiger partial charge in [0.1, 0.15) is 0 Å². The lowest BCUT2D eigenvalue weighted by Gasteiger charge is -2.14. The first-order chi connectivity index (χ1) is 6.91. The molecule has 2 unspecified atom stereocenters. The molecule has 15 heavy (non-hydrogen) atoms. The minimum atomic E-state index is -3.10. The van der Waals surface area contributed by atoms with Gasteiger partial charge in [-0.15, -0.1) is 0 Å². The highest BCUT2D eigenvalue weighted by Crippen LogP contribution is 2.07. The number of likely N-dealkylation sites (N-methyl/N-ethyl adjacent to an activating group) is 1. The summed E-state index contributed by atoms with van der Waals surface area (Å²) in [5.41, 5.74) is 0. The van der Waals surface area contributed by atoms with Crippen LogP contribution in [0.15, 0.2) is 0 Å². The molecule has 0 spiro atoms. The molecule has 92 valence electrons. The second-order valence-electron chi connectivity index (χ2n) is 4.21. The van der Waals surface area contributed by atoms with E-state index in [4.69, 9.17) is 0 Å². The molecule has 0 aromatic heterocycles. The maximum atomic E-state index is 11.6. The molecule has 0 heterocycles. The molecule has 5 heteroatoms. The van der Waals surface area contributed by atoms with Gasteiger partial charge in [0, 0.05) is 12.6 Å². The van der Waals surface area contributed by atoms with E-state index < -0.39 is 10.0 Å². The van der Waals surface area contributed by atoms with Crippen LogP contribution >= 0.6 is 0 Å². The molecule has 0 bridgehead atoms. The van der Waals surface area contributed by atoms with Crippen molar-refractivity contribution in [2.24, 2.45) is 5.92 Å². The van der Waals surface area contributed by atoms with Crippen molar-refractivity contribution in [1.29, 1.82) is 0 Å². The molecule has 0 aliphatic heterocycles. The van der Waals surface area contributed by atoms with Gasteiger partial charge in [0.2, 0.25) is 10.0 Å². The summed E-state index contributed by atoms with van der Waals surface area (Å²) in [7, 11) is -1.28. The molecule has 0 fully saturated rings. The summed E-state index contributed by atoms with van der Waals surface area (Å²) in [6, 6.07) is 0.168. The number of rotatable bonds is 8. The van der Waals surface area contributed by atoms with E-state index in [1.807, 2.05) is 20.9 Å². The fourth-order valence-corrected chi connectivity index (χ4v) is 2.90. The molecule has 0 rings (SSSR count). The summed E-state index contributed by atoms with van der Waals surface area (Å²) in [6.07, 6.45) is 1.99. The van der Waals surface area contributed by atoms with Crippen LogP contribution < -0.4 is 10.0 Å². The quantitative estimate of drug-likeness (QED) is 0.660. The van der Waals surface area contributed by atoms with Crippen molar-refractivity contribution < 1.29 is 8.42 Å². The van der Waals surface area contributed by atoms with E-state index in [0.717, 1.165) is 12.8 Å². The Morgan fingerprint density at radius 2 is 1.87 bits per heavy atom. The van der Waals surface area contributed by atoms with E-state index in [1.165, 1.54) is 0 Å². The average Bonchev–Trinajstić information content (AvgIpc) is 2.13. The van der Waals surface area contributed by atoms with Crippen molar-refractivity contribution >= 4 is 10.0 Å². The lowest BCUT2D eigenvalue weighted by Crippen LogP contribution is -2.39. The molecule has 2 N–H and O–H groups in total. The van der Waals surface area contributed by atoms with Crippen LogP contribution in [0.3, 0.4) is 0 Å². The number of hydrogen-bond acceptors (Lipinski definition) is 3. The van der Waals surface area contributed by atoms with Gasteiger partial charge in [-0.2, -0.15) is 0 Å². The molecule has 0 aromatic rings. The van der Waals surface area contributed by atoms with E-state index >= 15 is 0 Å². The monoisotopic (exact) mass is 236 g/mol. The first-order valence-corrected chi connectivity index (χ1v) is 7.21. The van der Waals surface area contributed by atoms with Crippen molar-refractivity contribution in [3.8, 4) is 0 Å². The predicted octanol–water partition coefficient (Wildman–Crippen LogP) is 0.950. The Kier molecular flexibility index (Phi) is 7.13. The van der Waals surface area contributed by atoms with Crippen molar-refractivity contribution in [2.75, 3.05) is 19.3 Å². The van der Waals surface area contributed by atoms with Crippen molar-refractivity contribution in [1.82, 2.24) is 10.0 Å². The molecular formula is C10H24N2O2S. The zero-order valence-electron chi connectivity index (χ0n) is 10.2. The topological polar surface area (TPSA) is 58.2 Å². The second-order valence-corrected chi connectivity index (χ2v) is 6.06. The van der Waals surface area contributed by atoms with E-state index in [-0.39, 0.29) is 17.7 Å². The van der Waals surface area contributed by atoms with Gasteiger partial charge >= 0.3 is 0 Å². The Labute approximate surface area is 93.9 Å². The van der Waals surface area contributed by atoms with E-state index in [2.05, 4.69) is 17.0 Å². The molecule has 0 aliphatic rings. The molecule has 0 saturated heterocycles. The van der Waals surface area contributed by atoms with Crippen molar-refractivity contribution in [3.05, 3.63) is 0 Å². The van der Waals surface area contributed by atoms with Gasteiger partial charge in [0.05, 0.1) is 5.75 Å². The molecule has 0 aliphatic carbocycles. The first-order valence-electron chi connectivity index (χ1n) is 5.55. The van der Waals surface area contributed by atoms with Crippen LogP contribution in [0.25, 0.3) is 0 Å². The lowest BCUT2D eigenvalue weighted by molar-refractivity contribution is 0.525. The molecule has 0 aromatic carbocycles. The molecule has 0 radical (unpaired) electrons. The number of nitrogens with one attached hydrogen (secondary N) is 2. The Hall–Kier alpha value is -0.130. The van der Waals surface area contributed by atoms with Crippen LogP contribution in [0.1, 0.15) is 33.6 Å². The van der Waals surface area contributed by atoms with Crippen molar-refractivity contribution in [2.45, 2.75) is 39.7 Å². The van der Waals surface area contributed by atoms with Gasteiger partial charge in [0.15, 0.2) is 0 Å². The second kappa shape index (κ2) is 7.19. The van der Waals surface area contributed by atoms with Crippen LogP contribution in [0.4, 0.5) is 0 Å². The number of sulfonamides is 1. The van der Waals surface area contributed by atoms with Crippen LogP contribution in [-0.2, 0) is 10.0 Å². The van der Waals surface area contributed by atoms with Crippen LogP contribution in [0, 0.1) is 5.92 Å². The third kappa shape index (κ3) is 7.76. The summed E-state index contributed by atoms with van der Waals surface area (Å²) in [5.74, 6) is 0.467. The fraction of sp³-hybridized carbons (Fsp3) is 1.00. The maximum absolute atomic E-state index is 11.6. The molecule has 0 amide bonds. The average molecular weight is 236 g/mol. The summed E-state index contributed by atoms with van der Waals surface area (Å²) in [4.78, 5) is 0. The highest BCUT2D eigenvalue weighted by atomic mass is 32.2. The summed E-state index contributed by atoms with van der Waals surface area (Å²) < 4.78 is 25.8. The van der Waals surface area contributed by atoms with E-state index in [0.29, 0.717) is 6.54 Å². The van der Waals surface area contributed by atoms with Crippen LogP contribution in [0.5, 0.6) is 0 Å². The Morgan fingerprint density at radius 3 is 2.33 bits per heavy atom. The van der Waals surface area contributed by atoms with Gasteiger partial charge in [0.25, 0.3) is 0 Å². The smallest absolute Gasteiger partial charge is 0.211 e. The van der Waals surface area contributed by atoms with Gasteiger partial charge in [-0.25, -0.2) is 13.1 Å². The zero-order chi connectivity index (χ0) is 11.9. The fourth-order valence-electron chi connectivity index (χ4n) is 1.36. The largest absolute Gasteiger partial charge is 0.316 e. The Balaban J connectivity index is 3.97. The summed E-state index contributed by atoms with van der Waals surface area (Å²) in [6.45, 7) is 6.44. The number of hydrogen-bond donors (Lipinski definition) is 2. The third-order valence-corrected chi connectivity index (χ3v) is 4.00. The molecule has 2 atom stereocenters. The molecule has 0 saturated carbocycles. The maximum Gasteiger partial charge on any atom is 0.211 e. The molecular weight excluding hydrogens is 212 g/mol. The SMILES string of the molecule is CCCC(C)CS(=O)(=O)NCC(C)NC. The third-order valence-electron chi connectivity index (χ3n) is 2.39. The molecule has 4 nitrogen and oxygen atoms in total. The predicted molar refractivity (Wildman–Crippen MR) is 64.4 cm³/mol. The standard InChI is InChI=1S/C10H24N2O2S/c1-5-6-9(2)8-15(13,14)12-7-10(3)11-4/h9-12H,5-8H2,1-4H3. The normalized spacial score (nSPS) is 16.3. The highest BCUT2D eigenvalue weighted by molar-refractivity contribution is 7.89. The first kappa shape index (κ1) is 14.9. The van der Waals surface area contributed by atoms with Gasteiger partial charge in [-0.3, -0.25) is 0 Å². The summed E-state index contributed by atoms with van der Waals surface area (Å²) >= 11 is 0. The van der Waals surface area contributed by atoms with E-state index in [1.54, 1.807) is 0 Å². The minimum absolute atomic E-state index is 0.168. The van der Waals surface area contributed by atoms with Gasteiger partial charge in [-0.1, -0.05) is 20.3 Å². The highest BCUT2D eigenvalue weighted by Gasteiger charge is 2.15. The summed E-state index contributed by atoms with van der Waals surface area (Å²) in [5, 5.41) is 2.99. The van der Waals surface area contributed by atoms with Gasteiger partial charge in [-0.05, 0) is 26.3 Å². The van der Waals surface area contributed by atoms with Crippen LogP contribution in [0.2, 0.25) is 0 Å². The van der Waals surface area contributed by atoms with E-state index in [9.17, 15) is 8.42 Å². The van der Waals surface area contributed by atoms with Gasteiger partial charge < -0.3 is 5.32 Å². The Bertz CT molecular complexity index is 252. The minimum Gasteiger partial charge on any atom is -0.316 e. The van der Waals surface area contributed by atoms with Crippen molar-refractivity contribution in [3.63, 3.8) is 0 Å². The Morgan fingerprint density at radius 1 is 1.27 bits per heavy atom.